The van der Waals surface area contributed by atoms with Gasteiger partial charge in [-0.2, -0.15) is 0 Å². The molecule has 0 radical (unpaired) electrons. The SMILES string of the molecule is CCNC(=NCC1(c2ccc(OC)cc2)CC1)NC1CC2CCC1O2. The van der Waals surface area contributed by atoms with Gasteiger partial charge < -0.3 is 20.1 Å². The third-order valence-corrected chi connectivity index (χ3v) is 5.87. The molecule has 1 saturated carbocycles. The molecule has 1 aromatic rings. The number of aliphatic imine (C=N–C) groups is 1. The quantitative estimate of drug-likeness (QED) is 0.616. The maximum Gasteiger partial charge on any atom is 0.191 e. The average Bonchev–Trinajstić information content (AvgIpc) is 3.15. The van der Waals surface area contributed by atoms with Gasteiger partial charge in [0.1, 0.15) is 5.75 Å². The van der Waals surface area contributed by atoms with Crippen molar-refractivity contribution in [2.45, 2.75) is 62.7 Å². The van der Waals surface area contributed by atoms with Gasteiger partial charge in [-0.3, -0.25) is 4.99 Å². The van der Waals surface area contributed by atoms with E-state index in [-0.39, 0.29) is 5.41 Å². The molecule has 2 N–H and O–H groups in total. The smallest absolute Gasteiger partial charge is 0.191 e. The number of fused-ring (bicyclic) bond motifs is 2. The number of hydrogen-bond donors (Lipinski definition) is 2. The second-order valence-electron chi connectivity index (χ2n) is 7.56. The van der Waals surface area contributed by atoms with Gasteiger partial charge in [-0.1, -0.05) is 12.1 Å². The molecular weight excluding hydrogens is 314 g/mol. The molecular formula is C20H29N3O2. The summed E-state index contributed by atoms with van der Waals surface area (Å²) in [7, 11) is 1.71. The van der Waals surface area contributed by atoms with Gasteiger partial charge in [-0.25, -0.2) is 0 Å². The summed E-state index contributed by atoms with van der Waals surface area (Å²) >= 11 is 0. The molecule has 2 saturated heterocycles. The minimum atomic E-state index is 0.208. The minimum Gasteiger partial charge on any atom is -0.497 e. The van der Waals surface area contributed by atoms with Crippen LogP contribution in [-0.4, -0.2) is 44.4 Å². The zero-order chi connectivity index (χ0) is 17.3. The van der Waals surface area contributed by atoms with Crippen LogP contribution in [0.15, 0.2) is 29.3 Å². The highest BCUT2D eigenvalue weighted by Crippen LogP contribution is 2.48. The van der Waals surface area contributed by atoms with E-state index >= 15 is 0 Å². The van der Waals surface area contributed by atoms with Crippen LogP contribution in [0, 0.1) is 0 Å². The fraction of sp³-hybridized carbons (Fsp3) is 0.650. The Kier molecular flexibility index (Phi) is 4.59. The molecule has 2 bridgehead atoms. The molecule has 5 nitrogen and oxygen atoms in total. The summed E-state index contributed by atoms with van der Waals surface area (Å²) in [6.07, 6.45) is 6.75. The summed E-state index contributed by atoms with van der Waals surface area (Å²) in [5.74, 6) is 1.85. The van der Waals surface area contributed by atoms with E-state index in [0.29, 0.717) is 18.2 Å². The van der Waals surface area contributed by atoms with Crippen molar-refractivity contribution in [3.8, 4) is 5.75 Å². The van der Waals surface area contributed by atoms with E-state index in [1.165, 1.54) is 31.2 Å². The van der Waals surface area contributed by atoms with Crippen LogP contribution < -0.4 is 15.4 Å². The van der Waals surface area contributed by atoms with Crippen LogP contribution in [0.3, 0.4) is 0 Å². The van der Waals surface area contributed by atoms with Crippen LogP contribution in [0.5, 0.6) is 5.75 Å². The molecule has 4 rings (SSSR count). The first-order chi connectivity index (χ1) is 12.2. The second-order valence-corrected chi connectivity index (χ2v) is 7.56. The maximum atomic E-state index is 5.96. The lowest BCUT2D eigenvalue weighted by Gasteiger charge is -2.23. The molecule has 136 valence electrons. The molecule has 0 spiro atoms. The van der Waals surface area contributed by atoms with E-state index in [9.17, 15) is 0 Å². The van der Waals surface area contributed by atoms with Crippen LogP contribution in [-0.2, 0) is 10.2 Å². The van der Waals surface area contributed by atoms with E-state index in [1.807, 2.05) is 0 Å². The van der Waals surface area contributed by atoms with Gasteiger partial charge in [0.15, 0.2) is 5.96 Å². The number of nitrogens with zero attached hydrogens (tertiary/aromatic N) is 1. The van der Waals surface area contributed by atoms with Gasteiger partial charge in [0, 0.05) is 12.0 Å². The number of guanidine groups is 1. The fourth-order valence-corrected chi connectivity index (χ4v) is 4.15. The molecule has 25 heavy (non-hydrogen) atoms. The lowest BCUT2D eigenvalue weighted by Crippen LogP contribution is -2.47. The summed E-state index contributed by atoms with van der Waals surface area (Å²) in [5, 5.41) is 7.01. The standard InChI is InChI=1S/C20H29N3O2/c1-3-21-19(23-17-12-16-8-9-18(17)25-16)22-13-20(10-11-20)14-4-6-15(24-2)7-5-14/h4-7,16-18H,3,8-13H2,1-2H3,(H2,21,22,23). The molecule has 1 aromatic carbocycles. The Labute approximate surface area is 150 Å². The lowest BCUT2D eigenvalue weighted by atomic mass is 9.95. The van der Waals surface area contributed by atoms with Crippen LogP contribution in [0.2, 0.25) is 0 Å². The zero-order valence-corrected chi connectivity index (χ0v) is 15.3. The van der Waals surface area contributed by atoms with Gasteiger partial charge >= 0.3 is 0 Å². The van der Waals surface area contributed by atoms with Crippen molar-refractivity contribution in [2.75, 3.05) is 20.2 Å². The summed E-state index contributed by atoms with van der Waals surface area (Å²) in [6, 6.07) is 8.88. The number of hydrogen-bond acceptors (Lipinski definition) is 3. The lowest BCUT2D eigenvalue weighted by molar-refractivity contribution is 0.0992. The molecule has 2 heterocycles. The molecule has 3 unspecified atom stereocenters. The number of methoxy groups -OCH3 is 1. The highest BCUT2D eigenvalue weighted by Gasteiger charge is 2.44. The van der Waals surface area contributed by atoms with Crippen molar-refractivity contribution in [2.24, 2.45) is 4.99 Å². The number of rotatable bonds is 6. The highest BCUT2D eigenvalue weighted by atomic mass is 16.5. The van der Waals surface area contributed by atoms with Crippen LogP contribution in [0.1, 0.15) is 44.6 Å². The first-order valence-electron chi connectivity index (χ1n) is 9.57. The second kappa shape index (κ2) is 6.87. The van der Waals surface area contributed by atoms with Crippen molar-refractivity contribution in [1.29, 1.82) is 0 Å². The van der Waals surface area contributed by atoms with Crippen molar-refractivity contribution >= 4 is 5.96 Å². The van der Waals surface area contributed by atoms with E-state index in [1.54, 1.807) is 7.11 Å². The Morgan fingerprint density at radius 1 is 1.28 bits per heavy atom. The van der Waals surface area contributed by atoms with Crippen LogP contribution in [0.4, 0.5) is 0 Å². The summed E-state index contributed by atoms with van der Waals surface area (Å²) < 4.78 is 11.2. The normalized spacial score (nSPS) is 29.5. The summed E-state index contributed by atoms with van der Waals surface area (Å²) in [6.45, 7) is 3.82. The van der Waals surface area contributed by atoms with Gasteiger partial charge in [-0.05, 0) is 56.7 Å². The van der Waals surface area contributed by atoms with Gasteiger partial charge in [0.2, 0.25) is 0 Å². The van der Waals surface area contributed by atoms with Gasteiger partial charge in [0.25, 0.3) is 0 Å². The van der Waals surface area contributed by atoms with Crippen molar-refractivity contribution in [3.63, 3.8) is 0 Å². The summed E-state index contributed by atoms with van der Waals surface area (Å²) in [5.41, 5.74) is 1.58. The molecule has 5 heteroatoms. The molecule has 0 amide bonds. The first kappa shape index (κ1) is 16.7. The van der Waals surface area contributed by atoms with Gasteiger partial charge in [0.05, 0.1) is 31.9 Å². The Morgan fingerprint density at radius 3 is 2.64 bits per heavy atom. The van der Waals surface area contributed by atoms with Crippen LogP contribution in [0.25, 0.3) is 0 Å². The number of nitrogens with one attached hydrogen (secondary N) is 2. The van der Waals surface area contributed by atoms with Crippen molar-refractivity contribution < 1.29 is 9.47 Å². The van der Waals surface area contributed by atoms with Crippen molar-refractivity contribution in [3.05, 3.63) is 29.8 Å². The Morgan fingerprint density at radius 2 is 2.08 bits per heavy atom. The largest absolute Gasteiger partial charge is 0.497 e. The van der Waals surface area contributed by atoms with Crippen LogP contribution >= 0.6 is 0 Å². The fourth-order valence-electron chi connectivity index (χ4n) is 4.15. The van der Waals surface area contributed by atoms with Crippen molar-refractivity contribution in [1.82, 2.24) is 10.6 Å². The number of ether oxygens (including phenoxy) is 2. The third kappa shape index (κ3) is 3.47. The molecule has 3 atom stereocenters. The highest BCUT2D eigenvalue weighted by molar-refractivity contribution is 5.80. The molecule has 3 fully saturated rings. The number of benzene rings is 1. The third-order valence-electron chi connectivity index (χ3n) is 5.87. The topological polar surface area (TPSA) is 54.9 Å². The molecule has 2 aliphatic heterocycles. The Bertz CT molecular complexity index is 624. The predicted octanol–water partition coefficient (Wildman–Crippen LogP) is 2.60. The monoisotopic (exact) mass is 343 g/mol. The predicted molar refractivity (Wildman–Crippen MR) is 99.3 cm³/mol. The maximum absolute atomic E-state index is 5.96. The van der Waals surface area contributed by atoms with E-state index in [0.717, 1.165) is 31.2 Å². The van der Waals surface area contributed by atoms with E-state index in [4.69, 9.17) is 14.5 Å². The van der Waals surface area contributed by atoms with E-state index in [2.05, 4.69) is 41.8 Å². The Hall–Kier alpha value is -1.75. The Balaban J connectivity index is 1.42. The summed E-state index contributed by atoms with van der Waals surface area (Å²) in [4.78, 5) is 4.92. The van der Waals surface area contributed by atoms with E-state index < -0.39 is 0 Å². The average molecular weight is 343 g/mol. The zero-order valence-electron chi connectivity index (χ0n) is 15.3. The first-order valence-corrected chi connectivity index (χ1v) is 9.57. The molecule has 3 aliphatic rings. The molecule has 0 aromatic heterocycles. The molecule has 1 aliphatic carbocycles. The van der Waals surface area contributed by atoms with Gasteiger partial charge in [-0.15, -0.1) is 0 Å². The minimum absolute atomic E-state index is 0.208.